The van der Waals surface area contributed by atoms with Gasteiger partial charge in [0, 0.05) is 11.6 Å². The minimum Gasteiger partial charge on any atom is -0.223 e. The van der Waals surface area contributed by atoms with Crippen LogP contribution in [-0.4, -0.2) is 21.1 Å². The Morgan fingerprint density at radius 3 is 2.61 bits per heavy atom. The smallest absolute Gasteiger partial charge is 0.223 e. The maximum atomic E-state index is 13.5. The van der Waals surface area contributed by atoms with Crippen LogP contribution in [0.5, 0.6) is 0 Å². The highest BCUT2D eigenvalue weighted by Gasteiger charge is 2.21. The van der Waals surface area contributed by atoms with E-state index in [1.54, 1.807) is 0 Å². The quantitative estimate of drug-likeness (QED) is 0.499. The van der Waals surface area contributed by atoms with Crippen molar-refractivity contribution in [3.05, 3.63) is 29.0 Å². The van der Waals surface area contributed by atoms with Crippen LogP contribution < -0.4 is 26.6 Å². The van der Waals surface area contributed by atoms with Crippen molar-refractivity contribution in [2.45, 2.75) is 11.1 Å². The van der Waals surface area contributed by atoms with E-state index in [0.29, 0.717) is 0 Å². The van der Waals surface area contributed by atoms with Crippen molar-refractivity contribution in [3.63, 3.8) is 0 Å². The van der Waals surface area contributed by atoms with Crippen molar-refractivity contribution in [2.75, 3.05) is 6.54 Å². The lowest BCUT2D eigenvalue weighted by Crippen LogP contribution is -2.44. The van der Waals surface area contributed by atoms with E-state index in [1.807, 2.05) is 0 Å². The summed E-state index contributed by atoms with van der Waals surface area (Å²) in [4.78, 5) is -0.439. The van der Waals surface area contributed by atoms with Crippen LogP contribution in [0.3, 0.4) is 0 Å². The molecule has 10 heteroatoms. The molecule has 1 fully saturated rings. The summed E-state index contributed by atoms with van der Waals surface area (Å²) < 4.78 is 39.4. The van der Waals surface area contributed by atoms with Gasteiger partial charge in [-0.25, -0.2) is 28.4 Å². The maximum Gasteiger partial charge on any atom is 0.243 e. The molecular weight excluding hydrogens is 285 g/mol. The highest BCUT2D eigenvalue weighted by atomic mass is 35.5. The van der Waals surface area contributed by atoms with Crippen molar-refractivity contribution in [1.82, 2.24) is 26.6 Å². The average Bonchev–Trinajstić information content (AvgIpc) is 2.78. The van der Waals surface area contributed by atoms with Crippen LogP contribution >= 0.6 is 11.6 Å². The van der Waals surface area contributed by atoms with Gasteiger partial charge in [-0.3, -0.25) is 0 Å². The Morgan fingerprint density at radius 2 is 2.00 bits per heavy atom. The number of hydrazine groups is 3. The van der Waals surface area contributed by atoms with Crippen LogP contribution in [0.4, 0.5) is 4.39 Å². The summed E-state index contributed by atoms with van der Waals surface area (Å²) in [6.07, 6.45) is -0.352. The molecule has 0 amide bonds. The number of hydrogen-bond donors (Lipinski definition) is 5. The van der Waals surface area contributed by atoms with Crippen molar-refractivity contribution in [2.24, 2.45) is 0 Å². The molecule has 18 heavy (non-hydrogen) atoms. The molecule has 0 aromatic heterocycles. The molecule has 1 aromatic carbocycles. The number of rotatable bonds is 4. The predicted molar refractivity (Wildman–Crippen MR) is 62.9 cm³/mol. The molecule has 1 aliphatic rings. The first-order chi connectivity index (χ1) is 8.49. The molecule has 0 saturated carbocycles. The Labute approximate surface area is 108 Å². The van der Waals surface area contributed by atoms with E-state index in [0.717, 1.165) is 12.1 Å². The van der Waals surface area contributed by atoms with E-state index in [2.05, 4.69) is 26.6 Å². The molecule has 100 valence electrons. The fourth-order valence-electron chi connectivity index (χ4n) is 1.35. The lowest BCUT2D eigenvalue weighted by molar-refractivity contribution is 0.502. The SMILES string of the molecule is O=S(=O)(NCC1NNNN1)c1ccc(Cl)cc1F. The summed E-state index contributed by atoms with van der Waals surface area (Å²) in [6.45, 7) is 0.0321. The Kier molecular flexibility index (Phi) is 4.12. The van der Waals surface area contributed by atoms with Gasteiger partial charge in [0.2, 0.25) is 10.0 Å². The predicted octanol–water partition coefficient (Wildman–Crippen LogP) is -0.799. The molecule has 5 N–H and O–H groups in total. The van der Waals surface area contributed by atoms with E-state index in [4.69, 9.17) is 11.6 Å². The van der Waals surface area contributed by atoms with Crippen LogP contribution in [0, 0.1) is 5.82 Å². The van der Waals surface area contributed by atoms with E-state index < -0.39 is 20.7 Å². The number of benzene rings is 1. The minimum absolute atomic E-state index is 0.0321. The zero-order valence-corrected chi connectivity index (χ0v) is 10.6. The van der Waals surface area contributed by atoms with Crippen molar-refractivity contribution in [3.8, 4) is 0 Å². The third kappa shape index (κ3) is 3.14. The zero-order valence-electron chi connectivity index (χ0n) is 9.00. The highest BCUT2D eigenvalue weighted by Crippen LogP contribution is 2.18. The van der Waals surface area contributed by atoms with Crippen LogP contribution in [-0.2, 0) is 10.0 Å². The zero-order chi connectivity index (χ0) is 13.2. The van der Waals surface area contributed by atoms with Gasteiger partial charge in [-0.05, 0) is 18.2 Å². The summed E-state index contributed by atoms with van der Waals surface area (Å²) in [5.41, 5.74) is 10.4. The normalized spacial score (nSPS) is 17.2. The number of hydrogen-bond acceptors (Lipinski definition) is 6. The van der Waals surface area contributed by atoms with Crippen molar-refractivity contribution < 1.29 is 12.8 Å². The molecule has 0 unspecified atom stereocenters. The molecule has 0 radical (unpaired) electrons. The monoisotopic (exact) mass is 295 g/mol. The van der Waals surface area contributed by atoms with Gasteiger partial charge in [-0.15, -0.1) is 0 Å². The fraction of sp³-hybridized carbons (Fsp3) is 0.250. The van der Waals surface area contributed by atoms with Gasteiger partial charge >= 0.3 is 0 Å². The molecule has 0 bridgehead atoms. The second-order valence-corrected chi connectivity index (χ2v) is 5.69. The van der Waals surface area contributed by atoms with Gasteiger partial charge in [0.25, 0.3) is 0 Å². The van der Waals surface area contributed by atoms with Gasteiger partial charge in [-0.2, -0.15) is 11.1 Å². The molecule has 0 aliphatic carbocycles. The van der Waals surface area contributed by atoms with Crippen LogP contribution in [0.25, 0.3) is 0 Å². The topological polar surface area (TPSA) is 94.3 Å². The largest absolute Gasteiger partial charge is 0.243 e. The van der Waals surface area contributed by atoms with Gasteiger partial charge in [-0.1, -0.05) is 11.6 Å². The van der Waals surface area contributed by atoms with Gasteiger partial charge < -0.3 is 0 Å². The van der Waals surface area contributed by atoms with Gasteiger partial charge in [0.1, 0.15) is 10.7 Å². The molecule has 7 nitrogen and oxygen atoms in total. The van der Waals surface area contributed by atoms with Crippen molar-refractivity contribution in [1.29, 1.82) is 0 Å². The Bertz CT molecular complexity index is 534. The van der Waals surface area contributed by atoms with E-state index >= 15 is 0 Å². The first kappa shape index (κ1) is 13.6. The third-order valence-electron chi connectivity index (χ3n) is 2.22. The molecule has 1 aromatic rings. The molecule has 2 rings (SSSR count). The number of sulfonamides is 1. The summed E-state index contributed by atoms with van der Waals surface area (Å²) in [5, 5.41) is 0.138. The number of halogens is 2. The summed E-state index contributed by atoms with van der Waals surface area (Å²) >= 11 is 5.56. The highest BCUT2D eigenvalue weighted by molar-refractivity contribution is 7.89. The lowest BCUT2D eigenvalue weighted by atomic mass is 10.3. The molecule has 0 atom stereocenters. The van der Waals surface area contributed by atoms with Gasteiger partial charge in [0.05, 0.1) is 6.17 Å². The second kappa shape index (κ2) is 5.45. The van der Waals surface area contributed by atoms with E-state index in [1.165, 1.54) is 6.07 Å². The molecule has 1 aliphatic heterocycles. The Morgan fingerprint density at radius 1 is 1.33 bits per heavy atom. The maximum absolute atomic E-state index is 13.5. The second-order valence-electron chi connectivity index (χ2n) is 3.52. The average molecular weight is 296 g/mol. The molecule has 1 heterocycles. The van der Waals surface area contributed by atoms with Crippen LogP contribution in [0.1, 0.15) is 0 Å². The Hall–Kier alpha value is -0.810. The number of nitrogens with one attached hydrogen (secondary N) is 5. The summed E-state index contributed by atoms with van der Waals surface area (Å²) in [5.74, 6) is -0.890. The summed E-state index contributed by atoms with van der Waals surface area (Å²) in [6, 6.07) is 3.38. The standard InChI is InChI=1S/C8H11ClFN5O2S/c9-5-1-2-7(6(10)3-5)18(16,17)11-4-8-12-14-15-13-8/h1-3,8,11-15H,4H2. The minimum atomic E-state index is -3.91. The third-order valence-corrected chi connectivity index (χ3v) is 3.91. The Balaban J connectivity index is 2.09. The first-order valence-electron chi connectivity index (χ1n) is 4.95. The van der Waals surface area contributed by atoms with E-state index in [-0.39, 0.29) is 17.7 Å². The molecular formula is C8H11ClFN5O2S. The summed E-state index contributed by atoms with van der Waals surface area (Å²) in [7, 11) is -3.91. The van der Waals surface area contributed by atoms with Crippen LogP contribution in [0.2, 0.25) is 5.02 Å². The molecule has 1 saturated heterocycles. The molecule has 0 spiro atoms. The van der Waals surface area contributed by atoms with Crippen LogP contribution in [0.15, 0.2) is 23.1 Å². The van der Waals surface area contributed by atoms with Gasteiger partial charge in [0.15, 0.2) is 0 Å². The fourth-order valence-corrected chi connectivity index (χ4v) is 2.61. The van der Waals surface area contributed by atoms with Crippen molar-refractivity contribution >= 4 is 21.6 Å². The first-order valence-corrected chi connectivity index (χ1v) is 6.81. The van der Waals surface area contributed by atoms with E-state index in [9.17, 15) is 12.8 Å². The lowest BCUT2D eigenvalue weighted by Gasteiger charge is -2.11.